The average Bonchev–Trinajstić information content (AvgIpc) is 2.71. The Morgan fingerprint density at radius 3 is 2.48 bits per heavy atom. The van der Waals surface area contributed by atoms with Crippen LogP contribution in [0.5, 0.6) is 5.75 Å². The summed E-state index contributed by atoms with van der Waals surface area (Å²) in [7, 11) is 0. The predicted octanol–water partition coefficient (Wildman–Crippen LogP) is 4.82. The zero-order valence-electron chi connectivity index (χ0n) is 14.9. The van der Waals surface area contributed by atoms with Crippen LogP contribution in [0.3, 0.4) is 0 Å². The van der Waals surface area contributed by atoms with Crippen molar-refractivity contribution in [2.45, 2.75) is 0 Å². The van der Waals surface area contributed by atoms with Crippen LogP contribution in [0.4, 0.5) is 5.69 Å². The number of anilines is 1. The van der Waals surface area contributed by atoms with Gasteiger partial charge in [-0.15, -0.1) is 0 Å². The lowest BCUT2D eigenvalue weighted by atomic mass is 10.1. The third-order valence-corrected chi connectivity index (χ3v) is 4.59. The maximum Gasteiger partial charge on any atom is 0.271 e. The van der Waals surface area contributed by atoms with Gasteiger partial charge >= 0.3 is 0 Å². The van der Waals surface area contributed by atoms with Crippen molar-refractivity contribution >= 4 is 51.2 Å². The quantitative estimate of drug-likeness (QED) is 0.367. The molecule has 0 aliphatic rings. The van der Waals surface area contributed by atoms with E-state index in [1.165, 1.54) is 18.3 Å². The first-order valence-corrected chi connectivity index (χ1v) is 9.58. The summed E-state index contributed by atoms with van der Waals surface area (Å²) in [6, 6.07) is 17.8. The van der Waals surface area contributed by atoms with Crippen molar-refractivity contribution < 1.29 is 14.7 Å². The topological polar surface area (TPSA) is 90.8 Å². The lowest BCUT2D eigenvalue weighted by Crippen LogP contribution is -2.18. The fourth-order valence-electron chi connectivity index (χ4n) is 2.40. The van der Waals surface area contributed by atoms with Gasteiger partial charge in [0.1, 0.15) is 5.75 Å². The molecule has 0 radical (unpaired) electrons. The number of carbonyl (C=O) groups excluding carboxylic acids is 2. The summed E-state index contributed by atoms with van der Waals surface area (Å²) in [6.07, 6.45) is 1.34. The number of nitrogens with one attached hydrogen (secondary N) is 2. The highest BCUT2D eigenvalue weighted by molar-refractivity contribution is 9.10. The van der Waals surface area contributed by atoms with E-state index in [-0.39, 0.29) is 11.7 Å². The Kier molecular flexibility index (Phi) is 6.64. The van der Waals surface area contributed by atoms with Gasteiger partial charge < -0.3 is 10.4 Å². The van der Waals surface area contributed by atoms with E-state index >= 15 is 0 Å². The Labute approximate surface area is 180 Å². The molecule has 0 atom stereocenters. The summed E-state index contributed by atoms with van der Waals surface area (Å²) < 4.78 is 0.771. The molecule has 3 aromatic rings. The molecule has 0 aliphatic heterocycles. The Hall–Kier alpha value is -3.16. The van der Waals surface area contributed by atoms with Gasteiger partial charge in [0, 0.05) is 31.9 Å². The molecular formula is C21H15BrClN3O3. The molecule has 146 valence electrons. The molecule has 29 heavy (non-hydrogen) atoms. The highest BCUT2D eigenvalue weighted by atomic mass is 79.9. The zero-order chi connectivity index (χ0) is 20.8. The monoisotopic (exact) mass is 471 g/mol. The number of hydrogen-bond acceptors (Lipinski definition) is 4. The van der Waals surface area contributed by atoms with Crippen molar-refractivity contribution in [2.75, 3.05) is 5.32 Å². The number of aromatic hydroxyl groups is 1. The molecule has 3 N–H and O–H groups in total. The fraction of sp³-hybridized carbons (Fsp3) is 0. The fourth-order valence-corrected chi connectivity index (χ4v) is 2.90. The molecule has 0 bridgehead atoms. The number of phenols is 1. The molecule has 0 aromatic heterocycles. The third kappa shape index (κ3) is 5.66. The molecule has 8 heteroatoms. The first kappa shape index (κ1) is 20.6. The Balaban J connectivity index is 1.66. The second-order valence-corrected chi connectivity index (χ2v) is 7.30. The van der Waals surface area contributed by atoms with E-state index in [1.807, 2.05) is 0 Å². The first-order valence-electron chi connectivity index (χ1n) is 8.41. The van der Waals surface area contributed by atoms with Gasteiger partial charge in [-0.2, -0.15) is 5.10 Å². The van der Waals surface area contributed by atoms with Gasteiger partial charge in [-0.3, -0.25) is 9.59 Å². The van der Waals surface area contributed by atoms with Crippen molar-refractivity contribution in [1.29, 1.82) is 0 Å². The van der Waals surface area contributed by atoms with Crippen molar-refractivity contribution in [2.24, 2.45) is 5.10 Å². The SMILES string of the molecule is O=C(NN=Cc1cc(Br)ccc1O)c1cccc(NC(=O)c2ccc(Cl)cc2)c1. The van der Waals surface area contributed by atoms with Crippen molar-refractivity contribution in [1.82, 2.24) is 5.43 Å². The molecule has 0 heterocycles. The molecule has 0 unspecified atom stereocenters. The van der Waals surface area contributed by atoms with Crippen molar-refractivity contribution in [3.8, 4) is 5.75 Å². The predicted molar refractivity (Wildman–Crippen MR) is 117 cm³/mol. The maximum atomic E-state index is 12.3. The van der Waals surface area contributed by atoms with Crippen LogP contribution < -0.4 is 10.7 Å². The van der Waals surface area contributed by atoms with E-state index < -0.39 is 5.91 Å². The van der Waals surface area contributed by atoms with Crippen LogP contribution in [0, 0.1) is 0 Å². The van der Waals surface area contributed by atoms with E-state index in [9.17, 15) is 14.7 Å². The molecular weight excluding hydrogens is 458 g/mol. The zero-order valence-corrected chi connectivity index (χ0v) is 17.2. The average molecular weight is 473 g/mol. The molecule has 0 saturated carbocycles. The highest BCUT2D eigenvalue weighted by Crippen LogP contribution is 2.20. The molecule has 0 fully saturated rings. The number of carbonyl (C=O) groups is 2. The van der Waals surface area contributed by atoms with Crippen LogP contribution in [-0.4, -0.2) is 23.1 Å². The second kappa shape index (κ2) is 9.36. The Morgan fingerprint density at radius 2 is 1.72 bits per heavy atom. The Bertz CT molecular complexity index is 1080. The van der Waals surface area contributed by atoms with Gasteiger partial charge in [0.25, 0.3) is 11.8 Å². The normalized spacial score (nSPS) is 10.7. The molecule has 0 spiro atoms. The molecule has 6 nitrogen and oxygen atoms in total. The van der Waals surface area contributed by atoms with Gasteiger partial charge in [0.05, 0.1) is 6.21 Å². The number of amides is 2. The van der Waals surface area contributed by atoms with Gasteiger partial charge in [-0.25, -0.2) is 5.43 Å². The number of rotatable bonds is 5. The van der Waals surface area contributed by atoms with Crippen LogP contribution >= 0.6 is 27.5 Å². The summed E-state index contributed by atoms with van der Waals surface area (Å²) in [5, 5.41) is 16.9. The second-order valence-electron chi connectivity index (χ2n) is 5.94. The minimum Gasteiger partial charge on any atom is -0.507 e. The number of nitrogens with zero attached hydrogens (tertiary/aromatic N) is 1. The smallest absolute Gasteiger partial charge is 0.271 e. The standard InChI is InChI=1S/C21H15BrClN3O3/c22-16-6-9-19(27)15(10-16)12-24-26-21(29)14-2-1-3-18(11-14)25-20(28)13-4-7-17(23)8-5-13/h1-12,27H,(H,25,28)(H,26,29). The minimum atomic E-state index is -0.460. The van der Waals surface area contributed by atoms with Gasteiger partial charge in [0.2, 0.25) is 0 Å². The summed E-state index contributed by atoms with van der Waals surface area (Å²) in [6.45, 7) is 0. The van der Waals surface area contributed by atoms with Gasteiger partial charge in [-0.1, -0.05) is 33.6 Å². The molecule has 0 saturated heterocycles. The van der Waals surface area contributed by atoms with E-state index in [0.717, 1.165) is 4.47 Å². The number of halogens is 2. The Morgan fingerprint density at radius 1 is 0.966 bits per heavy atom. The first-order chi connectivity index (χ1) is 13.9. The lowest BCUT2D eigenvalue weighted by molar-refractivity contribution is 0.0953. The highest BCUT2D eigenvalue weighted by Gasteiger charge is 2.09. The number of hydrogen-bond donors (Lipinski definition) is 3. The van der Waals surface area contributed by atoms with Crippen molar-refractivity contribution in [3.05, 3.63) is 92.9 Å². The summed E-state index contributed by atoms with van der Waals surface area (Å²) in [4.78, 5) is 24.6. The van der Waals surface area contributed by atoms with E-state index in [0.29, 0.717) is 27.4 Å². The molecule has 3 aromatic carbocycles. The van der Waals surface area contributed by atoms with Crippen LogP contribution in [0.15, 0.2) is 76.3 Å². The summed E-state index contributed by atoms with van der Waals surface area (Å²) >= 11 is 9.13. The molecule has 2 amide bonds. The maximum absolute atomic E-state index is 12.3. The van der Waals surface area contributed by atoms with Gasteiger partial charge in [0.15, 0.2) is 0 Å². The molecule has 0 aliphatic carbocycles. The van der Waals surface area contributed by atoms with Crippen LogP contribution in [-0.2, 0) is 0 Å². The van der Waals surface area contributed by atoms with E-state index in [4.69, 9.17) is 11.6 Å². The number of hydrazone groups is 1. The van der Waals surface area contributed by atoms with E-state index in [2.05, 4.69) is 31.8 Å². The summed E-state index contributed by atoms with van der Waals surface area (Å²) in [5.41, 5.74) is 4.06. The third-order valence-electron chi connectivity index (χ3n) is 3.85. The van der Waals surface area contributed by atoms with Gasteiger partial charge in [-0.05, 0) is 60.7 Å². The number of benzene rings is 3. The van der Waals surface area contributed by atoms with Crippen LogP contribution in [0.2, 0.25) is 5.02 Å². The van der Waals surface area contributed by atoms with E-state index in [1.54, 1.807) is 54.6 Å². The number of phenolic OH excluding ortho intramolecular Hbond substituents is 1. The van der Waals surface area contributed by atoms with Crippen LogP contribution in [0.1, 0.15) is 26.3 Å². The van der Waals surface area contributed by atoms with Crippen LogP contribution in [0.25, 0.3) is 0 Å². The summed E-state index contributed by atoms with van der Waals surface area (Å²) in [5.74, 6) is -0.737. The molecule has 3 rings (SSSR count). The largest absolute Gasteiger partial charge is 0.507 e. The minimum absolute atomic E-state index is 0.0399. The lowest BCUT2D eigenvalue weighted by Gasteiger charge is -2.07. The van der Waals surface area contributed by atoms with Crippen molar-refractivity contribution in [3.63, 3.8) is 0 Å².